The van der Waals surface area contributed by atoms with Crippen LogP contribution in [0.25, 0.3) is 11.5 Å². The Morgan fingerprint density at radius 2 is 1.94 bits per heavy atom. The van der Waals surface area contributed by atoms with E-state index < -0.39 is 0 Å². The molecule has 2 aromatic heterocycles. The second-order valence-corrected chi connectivity index (χ2v) is 3.74. The maximum Gasteiger partial charge on any atom is 0.180 e. The first-order valence-electron chi connectivity index (χ1n) is 5.52. The van der Waals surface area contributed by atoms with E-state index in [2.05, 4.69) is 20.2 Å². The predicted octanol–water partition coefficient (Wildman–Crippen LogP) is 1.17. The van der Waals surface area contributed by atoms with Crippen molar-refractivity contribution in [2.24, 2.45) is 0 Å². The molecule has 1 N–H and O–H groups in total. The van der Waals surface area contributed by atoms with Gasteiger partial charge in [0.05, 0.1) is 5.69 Å². The van der Waals surface area contributed by atoms with Gasteiger partial charge in [-0.25, -0.2) is 9.97 Å². The summed E-state index contributed by atoms with van der Waals surface area (Å²) in [6, 6.07) is 3.70. The van der Waals surface area contributed by atoms with Crippen molar-refractivity contribution in [2.45, 2.75) is 19.8 Å². The first-order chi connectivity index (χ1) is 8.31. The first-order valence-corrected chi connectivity index (χ1v) is 5.52. The Hall–Kier alpha value is -1.88. The highest BCUT2D eigenvalue weighted by molar-refractivity contribution is 5.49. The standard InChI is InChI=1S/C12H14N4O/c1-9-10(4-2-7-17)8-11(16-15-9)12-13-5-3-6-14-12/h3,5-6,8,17H,2,4,7H2,1H3. The molecule has 2 rings (SSSR count). The van der Waals surface area contributed by atoms with Gasteiger partial charge in [-0.05, 0) is 37.5 Å². The van der Waals surface area contributed by atoms with Crippen molar-refractivity contribution in [1.82, 2.24) is 20.2 Å². The molecular weight excluding hydrogens is 216 g/mol. The van der Waals surface area contributed by atoms with Crippen LogP contribution in [-0.2, 0) is 6.42 Å². The quantitative estimate of drug-likeness (QED) is 0.853. The van der Waals surface area contributed by atoms with Gasteiger partial charge in [0.2, 0.25) is 0 Å². The zero-order chi connectivity index (χ0) is 12.1. The summed E-state index contributed by atoms with van der Waals surface area (Å²) in [5.41, 5.74) is 2.64. The van der Waals surface area contributed by atoms with E-state index in [4.69, 9.17) is 5.11 Å². The van der Waals surface area contributed by atoms with Gasteiger partial charge in [0.25, 0.3) is 0 Å². The predicted molar refractivity (Wildman–Crippen MR) is 63.2 cm³/mol. The lowest BCUT2D eigenvalue weighted by Gasteiger charge is -2.05. The summed E-state index contributed by atoms with van der Waals surface area (Å²) in [6.07, 6.45) is 4.87. The van der Waals surface area contributed by atoms with Gasteiger partial charge in [-0.3, -0.25) is 0 Å². The minimum Gasteiger partial charge on any atom is -0.396 e. The van der Waals surface area contributed by atoms with Gasteiger partial charge in [0.1, 0.15) is 5.69 Å². The van der Waals surface area contributed by atoms with E-state index in [1.807, 2.05) is 13.0 Å². The smallest absolute Gasteiger partial charge is 0.180 e. The van der Waals surface area contributed by atoms with Gasteiger partial charge in [-0.1, -0.05) is 0 Å². The molecule has 0 atom stereocenters. The summed E-state index contributed by atoms with van der Waals surface area (Å²) in [6.45, 7) is 2.09. The number of hydrogen-bond donors (Lipinski definition) is 1. The van der Waals surface area contributed by atoms with E-state index in [1.165, 1.54) is 0 Å². The Morgan fingerprint density at radius 3 is 2.65 bits per heavy atom. The van der Waals surface area contributed by atoms with E-state index in [9.17, 15) is 0 Å². The SMILES string of the molecule is Cc1nnc(-c2ncccn2)cc1CCCO. The molecule has 0 spiro atoms. The molecule has 0 saturated heterocycles. The van der Waals surface area contributed by atoms with Crippen LogP contribution in [0.1, 0.15) is 17.7 Å². The molecule has 0 aliphatic rings. The second kappa shape index (κ2) is 5.45. The van der Waals surface area contributed by atoms with Gasteiger partial charge in [-0.2, -0.15) is 5.10 Å². The lowest BCUT2D eigenvalue weighted by Crippen LogP contribution is -2.00. The molecule has 0 radical (unpaired) electrons. The van der Waals surface area contributed by atoms with Gasteiger partial charge in [0, 0.05) is 19.0 Å². The highest BCUT2D eigenvalue weighted by Crippen LogP contribution is 2.15. The fourth-order valence-electron chi connectivity index (χ4n) is 1.55. The van der Waals surface area contributed by atoms with Gasteiger partial charge in [0.15, 0.2) is 5.82 Å². The van der Waals surface area contributed by atoms with Crippen molar-refractivity contribution in [3.8, 4) is 11.5 Å². The molecule has 2 aromatic rings. The molecule has 0 aliphatic heterocycles. The Morgan fingerprint density at radius 1 is 1.18 bits per heavy atom. The third kappa shape index (κ3) is 2.82. The second-order valence-electron chi connectivity index (χ2n) is 3.74. The lowest BCUT2D eigenvalue weighted by molar-refractivity contribution is 0.288. The molecule has 0 fully saturated rings. The van der Waals surface area contributed by atoms with Gasteiger partial charge in [-0.15, -0.1) is 5.10 Å². The molecule has 5 heteroatoms. The highest BCUT2D eigenvalue weighted by Gasteiger charge is 2.07. The third-order valence-corrected chi connectivity index (χ3v) is 2.48. The Labute approximate surface area is 99.6 Å². The van der Waals surface area contributed by atoms with Crippen LogP contribution in [-0.4, -0.2) is 31.9 Å². The van der Waals surface area contributed by atoms with Crippen LogP contribution >= 0.6 is 0 Å². The summed E-state index contributed by atoms with van der Waals surface area (Å²) in [7, 11) is 0. The summed E-state index contributed by atoms with van der Waals surface area (Å²) < 4.78 is 0. The molecule has 0 aromatic carbocycles. The molecule has 0 amide bonds. The van der Waals surface area contributed by atoms with Crippen LogP contribution in [0.3, 0.4) is 0 Å². The third-order valence-electron chi connectivity index (χ3n) is 2.48. The van der Waals surface area contributed by atoms with Crippen molar-refractivity contribution in [3.63, 3.8) is 0 Å². The Balaban J connectivity index is 2.31. The van der Waals surface area contributed by atoms with Crippen LogP contribution in [0.5, 0.6) is 0 Å². The Bertz CT molecular complexity index is 487. The van der Waals surface area contributed by atoms with Crippen molar-refractivity contribution < 1.29 is 5.11 Å². The lowest BCUT2D eigenvalue weighted by atomic mass is 10.1. The fraction of sp³-hybridized carbons (Fsp3) is 0.333. The summed E-state index contributed by atoms with van der Waals surface area (Å²) in [5, 5.41) is 17.0. The van der Waals surface area contributed by atoms with Crippen LogP contribution in [0.2, 0.25) is 0 Å². The maximum absolute atomic E-state index is 8.84. The van der Waals surface area contributed by atoms with Gasteiger partial charge < -0.3 is 5.11 Å². The van der Waals surface area contributed by atoms with Crippen LogP contribution < -0.4 is 0 Å². The molecule has 0 saturated carbocycles. The molecule has 0 bridgehead atoms. The minimum absolute atomic E-state index is 0.179. The number of aliphatic hydroxyl groups is 1. The number of aliphatic hydroxyl groups excluding tert-OH is 1. The zero-order valence-corrected chi connectivity index (χ0v) is 9.67. The average Bonchev–Trinajstić information content (AvgIpc) is 2.39. The number of aromatic nitrogens is 4. The molecular formula is C12H14N4O. The normalized spacial score (nSPS) is 10.5. The first kappa shape index (κ1) is 11.6. The van der Waals surface area contributed by atoms with Crippen molar-refractivity contribution in [2.75, 3.05) is 6.61 Å². The highest BCUT2D eigenvalue weighted by atomic mass is 16.2. The number of rotatable bonds is 4. The number of aryl methyl sites for hydroxylation is 2. The largest absolute Gasteiger partial charge is 0.396 e. The van der Waals surface area contributed by atoms with E-state index in [-0.39, 0.29) is 6.61 Å². The van der Waals surface area contributed by atoms with Crippen molar-refractivity contribution in [3.05, 3.63) is 35.8 Å². The van der Waals surface area contributed by atoms with E-state index in [0.29, 0.717) is 11.5 Å². The average molecular weight is 230 g/mol. The molecule has 0 unspecified atom stereocenters. The number of hydrogen-bond acceptors (Lipinski definition) is 5. The summed E-state index contributed by atoms with van der Waals surface area (Å²) in [4.78, 5) is 8.27. The topological polar surface area (TPSA) is 71.8 Å². The van der Waals surface area contributed by atoms with Crippen LogP contribution in [0.4, 0.5) is 0 Å². The molecule has 2 heterocycles. The van der Waals surface area contributed by atoms with E-state index in [1.54, 1.807) is 18.5 Å². The van der Waals surface area contributed by atoms with E-state index in [0.717, 1.165) is 24.1 Å². The van der Waals surface area contributed by atoms with Crippen LogP contribution in [0.15, 0.2) is 24.5 Å². The molecule has 5 nitrogen and oxygen atoms in total. The molecule has 17 heavy (non-hydrogen) atoms. The molecule has 0 aliphatic carbocycles. The van der Waals surface area contributed by atoms with Gasteiger partial charge >= 0.3 is 0 Å². The van der Waals surface area contributed by atoms with Crippen molar-refractivity contribution >= 4 is 0 Å². The summed E-state index contributed by atoms with van der Waals surface area (Å²) in [5.74, 6) is 0.574. The molecule has 88 valence electrons. The van der Waals surface area contributed by atoms with E-state index >= 15 is 0 Å². The fourth-order valence-corrected chi connectivity index (χ4v) is 1.55. The minimum atomic E-state index is 0.179. The zero-order valence-electron chi connectivity index (χ0n) is 9.67. The maximum atomic E-state index is 8.84. The Kier molecular flexibility index (Phi) is 3.72. The monoisotopic (exact) mass is 230 g/mol. The van der Waals surface area contributed by atoms with Crippen molar-refractivity contribution in [1.29, 1.82) is 0 Å². The number of nitrogens with zero attached hydrogens (tertiary/aromatic N) is 4. The summed E-state index contributed by atoms with van der Waals surface area (Å²) >= 11 is 0. The van der Waals surface area contributed by atoms with Crippen LogP contribution in [0, 0.1) is 6.92 Å².